The highest BCUT2D eigenvalue weighted by molar-refractivity contribution is 6.27. The summed E-state index contributed by atoms with van der Waals surface area (Å²) in [6.45, 7) is 4.83. The van der Waals surface area contributed by atoms with Crippen LogP contribution < -0.4 is 19.1 Å². The van der Waals surface area contributed by atoms with Crippen LogP contribution in [0.3, 0.4) is 0 Å². The molecule has 0 aromatic heterocycles. The van der Waals surface area contributed by atoms with Gasteiger partial charge in [-0.05, 0) is 37.1 Å². The highest BCUT2D eigenvalue weighted by atomic mass is 19.1. The fourth-order valence-corrected chi connectivity index (χ4v) is 4.86. The smallest absolute Gasteiger partial charge is 0.414 e. The molecule has 2 aliphatic heterocycles. The number of halogens is 1. The van der Waals surface area contributed by atoms with Crippen molar-refractivity contribution in [3.05, 3.63) is 47.8 Å². The molecule has 0 radical (unpaired) electrons. The van der Waals surface area contributed by atoms with Crippen LogP contribution in [0.25, 0.3) is 0 Å². The van der Waals surface area contributed by atoms with Crippen molar-refractivity contribution in [3.63, 3.8) is 0 Å². The second-order valence-electron chi connectivity index (χ2n) is 9.02. The van der Waals surface area contributed by atoms with Crippen molar-refractivity contribution in [2.24, 2.45) is 0 Å². The lowest BCUT2D eigenvalue weighted by Gasteiger charge is -2.43. The molecule has 2 N–H and O–H groups in total. The van der Waals surface area contributed by atoms with Crippen LogP contribution in [0, 0.1) is 5.82 Å². The SMILES string of the molecule is COc1cc(C(=O)N2CCC(N3CCN(c4ccccc4F)CC3)CC2)cc(OC)c1OC.O=C(O)C(=O)O. The Morgan fingerprint density at radius 2 is 1.36 bits per heavy atom. The van der Waals surface area contributed by atoms with Crippen LogP contribution in [0.5, 0.6) is 17.2 Å². The Morgan fingerprint density at radius 3 is 1.82 bits per heavy atom. The Balaban J connectivity index is 0.000000631. The number of likely N-dealkylation sites (tertiary alicyclic amines) is 1. The van der Waals surface area contributed by atoms with Gasteiger partial charge in [-0.25, -0.2) is 14.0 Å². The lowest BCUT2D eigenvalue weighted by Crippen LogP contribution is -2.54. The number of benzene rings is 2. The summed E-state index contributed by atoms with van der Waals surface area (Å²) in [4.78, 5) is 37.9. The van der Waals surface area contributed by atoms with Gasteiger partial charge in [0.05, 0.1) is 27.0 Å². The Kier molecular flexibility index (Phi) is 10.3. The van der Waals surface area contributed by atoms with Crippen LogP contribution in [-0.2, 0) is 9.59 Å². The Bertz CT molecular complexity index is 1120. The van der Waals surface area contributed by atoms with E-state index in [2.05, 4.69) is 9.80 Å². The highest BCUT2D eigenvalue weighted by Gasteiger charge is 2.30. The Hall–Kier alpha value is -4.06. The lowest BCUT2D eigenvalue weighted by molar-refractivity contribution is -0.159. The summed E-state index contributed by atoms with van der Waals surface area (Å²) in [7, 11) is 4.63. The Morgan fingerprint density at radius 1 is 0.821 bits per heavy atom. The van der Waals surface area contributed by atoms with Gasteiger partial charge >= 0.3 is 11.9 Å². The number of methoxy groups -OCH3 is 3. The lowest BCUT2D eigenvalue weighted by atomic mass is 10.0. The zero-order valence-electron chi connectivity index (χ0n) is 22.3. The number of amides is 1. The van der Waals surface area contributed by atoms with E-state index < -0.39 is 11.9 Å². The number of hydrogen-bond donors (Lipinski definition) is 2. The van der Waals surface area contributed by atoms with Gasteiger partial charge in [-0.15, -0.1) is 0 Å². The molecule has 4 rings (SSSR count). The van der Waals surface area contributed by atoms with Gasteiger partial charge in [0.25, 0.3) is 5.91 Å². The molecule has 2 saturated heterocycles. The monoisotopic (exact) mass is 547 g/mol. The largest absolute Gasteiger partial charge is 0.493 e. The first-order valence-corrected chi connectivity index (χ1v) is 12.5. The van der Waals surface area contributed by atoms with Gasteiger partial charge in [-0.3, -0.25) is 9.69 Å². The van der Waals surface area contributed by atoms with E-state index in [9.17, 15) is 9.18 Å². The topological polar surface area (TPSA) is 129 Å². The number of piperazine rings is 1. The van der Waals surface area contributed by atoms with E-state index in [-0.39, 0.29) is 11.7 Å². The van der Waals surface area contributed by atoms with Crippen LogP contribution >= 0.6 is 0 Å². The summed E-state index contributed by atoms with van der Waals surface area (Å²) in [5.74, 6) is -2.41. The molecule has 0 atom stereocenters. The van der Waals surface area contributed by atoms with Crippen molar-refractivity contribution in [3.8, 4) is 17.2 Å². The predicted octanol–water partition coefficient (Wildman–Crippen LogP) is 2.43. The van der Waals surface area contributed by atoms with Crippen LogP contribution in [0.4, 0.5) is 10.1 Å². The van der Waals surface area contributed by atoms with Crippen molar-refractivity contribution >= 4 is 23.5 Å². The zero-order valence-corrected chi connectivity index (χ0v) is 22.3. The molecule has 2 heterocycles. The van der Waals surface area contributed by atoms with E-state index in [1.165, 1.54) is 6.07 Å². The molecule has 212 valence electrons. The van der Waals surface area contributed by atoms with Crippen LogP contribution in [0.15, 0.2) is 36.4 Å². The van der Waals surface area contributed by atoms with Crippen molar-refractivity contribution in [2.45, 2.75) is 18.9 Å². The number of carbonyl (C=O) groups is 3. The third kappa shape index (κ3) is 7.29. The number of carboxylic acid groups (broad SMARTS) is 2. The normalized spacial score (nSPS) is 16.1. The maximum Gasteiger partial charge on any atom is 0.414 e. The summed E-state index contributed by atoms with van der Waals surface area (Å²) >= 11 is 0. The highest BCUT2D eigenvalue weighted by Crippen LogP contribution is 2.38. The molecule has 2 fully saturated rings. The molecule has 0 saturated carbocycles. The maximum absolute atomic E-state index is 14.1. The van der Waals surface area contributed by atoms with Gasteiger partial charge in [-0.2, -0.15) is 0 Å². The van der Waals surface area contributed by atoms with Gasteiger partial charge in [0.15, 0.2) is 11.5 Å². The van der Waals surface area contributed by atoms with Gasteiger partial charge < -0.3 is 34.2 Å². The van der Waals surface area contributed by atoms with Crippen molar-refractivity contribution in [2.75, 3.05) is 65.5 Å². The molecule has 0 bridgehead atoms. The third-order valence-electron chi connectivity index (χ3n) is 6.87. The molecule has 1 amide bonds. The van der Waals surface area contributed by atoms with Crippen LogP contribution in [-0.4, -0.2) is 104 Å². The molecule has 11 nitrogen and oxygen atoms in total. The predicted molar refractivity (Wildman–Crippen MR) is 140 cm³/mol. The van der Waals surface area contributed by atoms with Gasteiger partial charge in [0.1, 0.15) is 5.82 Å². The van der Waals surface area contributed by atoms with Gasteiger partial charge in [0.2, 0.25) is 5.75 Å². The molecule has 12 heteroatoms. The number of nitrogens with zero attached hydrogens (tertiary/aromatic N) is 3. The van der Waals surface area contributed by atoms with E-state index in [0.29, 0.717) is 47.6 Å². The minimum absolute atomic E-state index is 0.0305. The molecule has 2 aliphatic rings. The first-order valence-electron chi connectivity index (χ1n) is 12.5. The van der Waals surface area contributed by atoms with E-state index in [1.807, 2.05) is 17.0 Å². The average Bonchev–Trinajstić information content (AvgIpc) is 2.96. The second-order valence-corrected chi connectivity index (χ2v) is 9.02. The molecule has 0 unspecified atom stereocenters. The number of hydrogen-bond acceptors (Lipinski definition) is 8. The fourth-order valence-electron chi connectivity index (χ4n) is 4.86. The molecule has 2 aromatic rings. The van der Waals surface area contributed by atoms with E-state index >= 15 is 0 Å². The number of carbonyl (C=O) groups excluding carboxylic acids is 1. The molecular weight excluding hydrogens is 513 g/mol. The van der Waals surface area contributed by atoms with E-state index in [4.69, 9.17) is 34.0 Å². The van der Waals surface area contributed by atoms with Gasteiger partial charge in [-0.1, -0.05) is 12.1 Å². The number of ether oxygens (including phenoxy) is 3. The van der Waals surface area contributed by atoms with Crippen molar-refractivity contribution < 1.29 is 43.2 Å². The quantitative estimate of drug-likeness (QED) is 0.520. The zero-order chi connectivity index (χ0) is 28.5. The summed E-state index contributed by atoms with van der Waals surface area (Å²) in [5.41, 5.74) is 1.21. The van der Waals surface area contributed by atoms with Crippen molar-refractivity contribution in [1.29, 1.82) is 0 Å². The number of carboxylic acids is 2. The molecule has 0 aliphatic carbocycles. The fraction of sp³-hybridized carbons (Fsp3) is 0.444. The van der Waals surface area contributed by atoms with Crippen LogP contribution in [0.2, 0.25) is 0 Å². The first-order chi connectivity index (χ1) is 18.7. The number of piperidine rings is 1. The molecule has 0 spiro atoms. The summed E-state index contributed by atoms with van der Waals surface area (Å²) in [6.07, 6.45) is 1.85. The summed E-state index contributed by atoms with van der Waals surface area (Å²) in [5, 5.41) is 14.8. The number of anilines is 1. The average molecular weight is 548 g/mol. The molecular formula is C27H34FN3O8. The second kappa shape index (κ2) is 13.7. The third-order valence-corrected chi connectivity index (χ3v) is 6.87. The maximum atomic E-state index is 14.1. The first kappa shape index (κ1) is 29.5. The van der Waals surface area contributed by atoms with Gasteiger partial charge in [0, 0.05) is 50.9 Å². The summed E-state index contributed by atoms with van der Waals surface area (Å²) in [6, 6.07) is 10.8. The Labute approximate surface area is 226 Å². The van der Waals surface area contributed by atoms with Crippen LogP contribution in [0.1, 0.15) is 23.2 Å². The number of aliphatic carboxylic acids is 2. The minimum atomic E-state index is -1.82. The number of para-hydroxylation sites is 1. The minimum Gasteiger partial charge on any atom is -0.493 e. The standard InChI is InChI=1S/C25H32FN3O4.C2H2O4/c1-31-22-16-18(17-23(32-2)24(22)33-3)25(30)29-10-8-19(9-11-29)27-12-14-28(15-13-27)21-7-5-4-6-20(21)26;3-1(4)2(5)6/h4-7,16-17,19H,8-15H2,1-3H3;(H,3,4)(H,5,6). The van der Waals surface area contributed by atoms with E-state index in [1.54, 1.807) is 39.5 Å². The molecule has 39 heavy (non-hydrogen) atoms. The van der Waals surface area contributed by atoms with E-state index in [0.717, 1.165) is 39.0 Å². The molecule has 2 aromatic carbocycles. The number of rotatable bonds is 6. The summed E-state index contributed by atoms with van der Waals surface area (Å²) < 4.78 is 30.2. The van der Waals surface area contributed by atoms with Crippen molar-refractivity contribution in [1.82, 2.24) is 9.80 Å².